The highest BCUT2D eigenvalue weighted by atomic mass is 35.5. The summed E-state index contributed by atoms with van der Waals surface area (Å²) in [4.78, 5) is 23.8. The average Bonchev–Trinajstić information content (AvgIpc) is 3.20. The van der Waals surface area contributed by atoms with E-state index in [9.17, 15) is 19.1 Å². The Morgan fingerprint density at radius 2 is 2.25 bits per heavy atom. The molecule has 0 radical (unpaired) electrons. The Morgan fingerprint density at radius 3 is 2.92 bits per heavy atom. The van der Waals surface area contributed by atoms with Crippen molar-refractivity contribution in [1.29, 1.82) is 0 Å². The third kappa shape index (κ3) is 2.96. The van der Waals surface area contributed by atoms with Gasteiger partial charge in [0.05, 0.1) is 11.2 Å². The zero-order valence-corrected chi connectivity index (χ0v) is 13.8. The standard InChI is InChI=1S/C14H12ClFN4O3S/c15-8-2-1-3-10(11(8)16)20-6-9(18-19-20)12(21)17-14(13(22)23)4-5-24-7-14/h1-3,6H,4-5,7H2,(H,17,21)(H,22,23). The molecule has 1 aromatic carbocycles. The van der Waals surface area contributed by atoms with E-state index in [4.69, 9.17) is 11.6 Å². The van der Waals surface area contributed by atoms with Crippen LogP contribution in [0.1, 0.15) is 16.9 Å². The number of carboxylic acids is 1. The molecule has 0 aliphatic carbocycles. The van der Waals surface area contributed by atoms with Crippen LogP contribution in [0.15, 0.2) is 24.4 Å². The summed E-state index contributed by atoms with van der Waals surface area (Å²) in [7, 11) is 0. The molecule has 7 nitrogen and oxygen atoms in total. The van der Waals surface area contributed by atoms with Gasteiger partial charge in [0.25, 0.3) is 5.91 Å². The van der Waals surface area contributed by atoms with Gasteiger partial charge < -0.3 is 10.4 Å². The van der Waals surface area contributed by atoms with Gasteiger partial charge in [-0.2, -0.15) is 11.8 Å². The number of carbonyl (C=O) groups excluding carboxylic acids is 1. The second-order valence-electron chi connectivity index (χ2n) is 5.27. The number of amides is 1. The molecule has 2 N–H and O–H groups in total. The molecule has 1 aliphatic rings. The summed E-state index contributed by atoms with van der Waals surface area (Å²) in [5.74, 6) is -1.52. The summed E-state index contributed by atoms with van der Waals surface area (Å²) in [6, 6.07) is 4.36. The highest BCUT2D eigenvalue weighted by Crippen LogP contribution is 2.28. The normalized spacial score (nSPS) is 20.1. The third-order valence-corrected chi connectivity index (χ3v) is 5.17. The first-order chi connectivity index (χ1) is 11.4. The van der Waals surface area contributed by atoms with E-state index >= 15 is 0 Å². The molecular formula is C14H12ClFN4O3S. The van der Waals surface area contributed by atoms with Crippen molar-refractivity contribution < 1.29 is 19.1 Å². The SMILES string of the molecule is O=C(NC1(C(=O)O)CCSC1)c1cn(-c2cccc(Cl)c2F)nn1. The first-order valence-corrected chi connectivity index (χ1v) is 8.47. The molecule has 10 heteroatoms. The minimum atomic E-state index is -1.31. The van der Waals surface area contributed by atoms with Crippen molar-refractivity contribution in [1.82, 2.24) is 20.3 Å². The molecule has 0 bridgehead atoms. The van der Waals surface area contributed by atoms with Crippen LogP contribution in [0.5, 0.6) is 0 Å². The van der Waals surface area contributed by atoms with Crippen LogP contribution in [0.25, 0.3) is 5.69 Å². The zero-order chi connectivity index (χ0) is 17.3. The smallest absolute Gasteiger partial charge is 0.330 e. The fraction of sp³-hybridized carbons (Fsp3) is 0.286. The first kappa shape index (κ1) is 16.7. The molecule has 1 unspecified atom stereocenters. The number of nitrogens with zero attached hydrogens (tertiary/aromatic N) is 3. The van der Waals surface area contributed by atoms with Crippen LogP contribution >= 0.6 is 23.4 Å². The third-order valence-electron chi connectivity index (χ3n) is 3.69. The molecule has 1 aliphatic heterocycles. The lowest BCUT2D eigenvalue weighted by atomic mass is 9.99. The highest BCUT2D eigenvalue weighted by molar-refractivity contribution is 7.99. The largest absolute Gasteiger partial charge is 0.479 e. The Labute approximate surface area is 145 Å². The topological polar surface area (TPSA) is 97.1 Å². The Balaban J connectivity index is 1.84. The molecule has 126 valence electrons. The van der Waals surface area contributed by atoms with Crippen LogP contribution in [-0.4, -0.2) is 49.0 Å². The molecule has 1 atom stereocenters. The molecule has 1 aromatic heterocycles. The summed E-state index contributed by atoms with van der Waals surface area (Å²) in [5, 5.41) is 19.2. The lowest BCUT2D eigenvalue weighted by Crippen LogP contribution is -2.54. The van der Waals surface area contributed by atoms with Crippen molar-refractivity contribution in [3.05, 3.63) is 40.9 Å². The van der Waals surface area contributed by atoms with Crippen LogP contribution < -0.4 is 5.32 Å². The Hall–Kier alpha value is -2.13. The number of rotatable bonds is 4. The van der Waals surface area contributed by atoms with E-state index in [2.05, 4.69) is 15.6 Å². The lowest BCUT2D eigenvalue weighted by molar-refractivity contribution is -0.143. The summed E-state index contributed by atoms with van der Waals surface area (Å²) in [6.07, 6.45) is 1.55. The second-order valence-corrected chi connectivity index (χ2v) is 6.78. The number of carbonyl (C=O) groups is 2. The van der Waals surface area contributed by atoms with E-state index in [0.29, 0.717) is 12.2 Å². The monoisotopic (exact) mass is 370 g/mol. The number of aliphatic carboxylic acids is 1. The molecule has 0 spiro atoms. The second kappa shape index (κ2) is 6.40. The summed E-state index contributed by atoms with van der Waals surface area (Å²) in [6.45, 7) is 0. The van der Waals surface area contributed by atoms with Crippen LogP contribution in [0.4, 0.5) is 4.39 Å². The van der Waals surface area contributed by atoms with Gasteiger partial charge in [0.2, 0.25) is 0 Å². The fourth-order valence-electron chi connectivity index (χ4n) is 2.32. The van der Waals surface area contributed by atoms with E-state index in [-0.39, 0.29) is 22.2 Å². The highest BCUT2D eigenvalue weighted by Gasteiger charge is 2.43. The number of halogens is 2. The number of benzene rings is 1. The maximum absolute atomic E-state index is 14.0. The van der Waals surface area contributed by atoms with Crippen LogP contribution in [0, 0.1) is 5.82 Å². The summed E-state index contributed by atoms with van der Waals surface area (Å²) in [5.41, 5.74) is -1.38. The number of hydrogen-bond acceptors (Lipinski definition) is 5. The van der Waals surface area contributed by atoms with Gasteiger partial charge in [-0.15, -0.1) is 5.10 Å². The van der Waals surface area contributed by atoms with Crippen molar-refractivity contribution in [3.63, 3.8) is 0 Å². The minimum absolute atomic E-state index is 0.0402. The Morgan fingerprint density at radius 1 is 1.46 bits per heavy atom. The summed E-state index contributed by atoms with van der Waals surface area (Å²) >= 11 is 7.17. The molecule has 2 heterocycles. The van der Waals surface area contributed by atoms with E-state index in [1.807, 2.05) is 0 Å². The van der Waals surface area contributed by atoms with Gasteiger partial charge >= 0.3 is 5.97 Å². The number of hydrogen-bond donors (Lipinski definition) is 2. The van der Waals surface area contributed by atoms with Crippen LogP contribution in [0.3, 0.4) is 0 Å². The van der Waals surface area contributed by atoms with E-state index in [0.717, 1.165) is 4.68 Å². The van der Waals surface area contributed by atoms with Crippen LogP contribution in [0.2, 0.25) is 5.02 Å². The van der Waals surface area contributed by atoms with Crippen molar-refractivity contribution in [3.8, 4) is 5.69 Å². The molecule has 1 saturated heterocycles. The van der Waals surface area contributed by atoms with Gasteiger partial charge in [-0.25, -0.2) is 13.9 Å². The van der Waals surface area contributed by atoms with Crippen molar-refractivity contribution in [2.75, 3.05) is 11.5 Å². The molecule has 0 saturated carbocycles. The molecule has 24 heavy (non-hydrogen) atoms. The Kier molecular flexibility index (Phi) is 4.46. The molecule has 3 rings (SSSR count). The van der Waals surface area contributed by atoms with Gasteiger partial charge in [-0.3, -0.25) is 4.79 Å². The maximum atomic E-state index is 14.0. The van der Waals surface area contributed by atoms with E-state index < -0.39 is 23.2 Å². The van der Waals surface area contributed by atoms with Crippen molar-refractivity contribution in [2.45, 2.75) is 12.0 Å². The van der Waals surface area contributed by atoms with Crippen LogP contribution in [-0.2, 0) is 4.79 Å². The molecular weight excluding hydrogens is 359 g/mol. The molecule has 2 aromatic rings. The predicted octanol–water partition coefficient (Wildman–Crippen LogP) is 1.75. The van der Waals surface area contributed by atoms with Crippen molar-refractivity contribution in [2.24, 2.45) is 0 Å². The molecule has 1 amide bonds. The maximum Gasteiger partial charge on any atom is 0.330 e. The predicted molar refractivity (Wildman–Crippen MR) is 86.1 cm³/mol. The number of carboxylic acid groups (broad SMARTS) is 1. The van der Waals surface area contributed by atoms with E-state index in [1.54, 1.807) is 0 Å². The van der Waals surface area contributed by atoms with Crippen molar-refractivity contribution >= 4 is 35.2 Å². The van der Waals surface area contributed by atoms with Gasteiger partial charge in [0.15, 0.2) is 11.5 Å². The lowest BCUT2D eigenvalue weighted by Gasteiger charge is -2.23. The number of nitrogens with one attached hydrogen (secondary N) is 1. The summed E-state index contributed by atoms with van der Waals surface area (Å²) < 4.78 is 15.1. The first-order valence-electron chi connectivity index (χ1n) is 6.93. The zero-order valence-electron chi connectivity index (χ0n) is 12.2. The number of thioether (sulfide) groups is 1. The van der Waals surface area contributed by atoms with Gasteiger partial charge in [-0.1, -0.05) is 22.9 Å². The minimum Gasteiger partial charge on any atom is -0.479 e. The fourth-order valence-corrected chi connectivity index (χ4v) is 3.82. The molecule has 1 fully saturated rings. The van der Waals surface area contributed by atoms with Gasteiger partial charge in [0.1, 0.15) is 11.2 Å². The van der Waals surface area contributed by atoms with Gasteiger partial charge in [0, 0.05) is 5.75 Å². The Bertz CT molecular complexity index is 807. The number of aromatic nitrogens is 3. The van der Waals surface area contributed by atoms with E-state index in [1.165, 1.54) is 36.2 Å². The van der Waals surface area contributed by atoms with Gasteiger partial charge in [-0.05, 0) is 24.3 Å². The quantitative estimate of drug-likeness (QED) is 0.851. The average molecular weight is 371 g/mol.